The molecule has 1 aliphatic heterocycles. The lowest BCUT2D eigenvalue weighted by Crippen LogP contribution is -2.48. The molecule has 2 N–H and O–H groups in total. The summed E-state index contributed by atoms with van der Waals surface area (Å²) in [5.41, 5.74) is 1.62. The molecule has 1 fully saturated rings. The van der Waals surface area contributed by atoms with Crippen molar-refractivity contribution in [3.63, 3.8) is 0 Å². The molecule has 0 saturated carbocycles. The Bertz CT molecular complexity index is 828. The van der Waals surface area contributed by atoms with Gasteiger partial charge in [-0.15, -0.1) is 0 Å². The van der Waals surface area contributed by atoms with E-state index in [0.29, 0.717) is 32.5 Å². The summed E-state index contributed by atoms with van der Waals surface area (Å²) in [5, 5.41) is 17.1. The van der Waals surface area contributed by atoms with Crippen LogP contribution in [0, 0.1) is 15.9 Å². The van der Waals surface area contributed by atoms with E-state index in [2.05, 4.69) is 10.6 Å². The molecule has 0 spiro atoms. The van der Waals surface area contributed by atoms with Crippen LogP contribution < -0.4 is 10.6 Å². The second-order valence-corrected chi connectivity index (χ2v) is 6.70. The summed E-state index contributed by atoms with van der Waals surface area (Å²) in [4.78, 5) is 24.7. The van der Waals surface area contributed by atoms with Gasteiger partial charge in [0.15, 0.2) is 0 Å². The molecule has 148 valence electrons. The number of nitro benzene ring substituents is 1. The van der Waals surface area contributed by atoms with Crippen LogP contribution in [0.3, 0.4) is 0 Å². The number of nitrogens with zero attached hydrogens (tertiary/aromatic N) is 2. The molecule has 1 atom stereocenters. The fourth-order valence-corrected chi connectivity index (χ4v) is 3.33. The predicted molar refractivity (Wildman–Crippen MR) is 105 cm³/mol. The van der Waals surface area contributed by atoms with Gasteiger partial charge in [-0.2, -0.15) is 0 Å². The van der Waals surface area contributed by atoms with Gasteiger partial charge in [0.05, 0.1) is 11.0 Å². The van der Waals surface area contributed by atoms with Crippen LogP contribution >= 0.6 is 0 Å². The van der Waals surface area contributed by atoms with E-state index in [1.165, 1.54) is 24.3 Å². The minimum absolute atomic E-state index is 0.0428. The third kappa shape index (κ3) is 5.04. The standard InChI is InChI=1S/C20H23FN4O3/c21-16-4-1-3-15(13-16)19-14-22-11-12-24(19)20(26)5-2-10-23-17-6-8-18(9-7-17)25(27)28/h1,3-4,6-9,13,19,22-23H,2,5,10-12,14H2. The molecular formula is C20H23FN4O3. The largest absolute Gasteiger partial charge is 0.385 e. The highest BCUT2D eigenvalue weighted by molar-refractivity contribution is 5.77. The maximum absolute atomic E-state index is 13.6. The highest BCUT2D eigenvalue weighted by Gasteiger charge is 2.27. The van der Waals surface area contributed by atoms with Crippen molar-refractivity contribution in [2.75, 3.05) is 31.5 Å². The Morgan fingerprint density at radius 1 is 1.29 bits per heavy atom. The highest BCUT2D eigenvalue weighted by Crippen LogP contribution is 2.24. The van der Waals surface area contributed by atoms with Crippen molar-refractivity contribution in [3.05, 3.63) is 70.0 Å². The third-order valence-electron chi connectivity index (χ3n) is 4.77. The lowest BCUT2D eigenvalue weighted by Gasteiger charge is -2.36. The van der Waals surface area contributed by atoms with Gasteiger partial charge in [0.2, 0.25) is 5.91 Å². The number of hydrogen-bond acceptors (Lipinski definition) is 5. The molecule has 0 bridgehead atoms. The number of carbonyl (C=O) groups excluding carboxylic acids is 1. The molecule has 2 aromatic rings. The van der Waals surface area contributed by atoms with Crippen LogP contribution in [-0.2, 0) is 4.79 Å². The van der Waals surface area contributed by atoms with E-state index in [-0.39, 0.29) is 23.5 Å². The summed E-state index contributed by atoms with van der Waals surface area (Å²) in [5.74, 6) is -0.260. The van der Waals surface area contributed by atoms with Gasteiger partial charge in [-0.1, -0.05) is 12.1 Å². The molecule has 1 saturated heterocycles. The van der Waals surface area contributed by atoms with E-state index in [1.807, 2.05) is 11.0 Å². The van der Waals surface area contributed by atoms with Crippen LogP contribution in [0.15, 0.2) is 48.5 Å². The maximum Gasteiger partial charge on any atom is 0.269 e. The maximum atomic E-state index is 13.6. The van der Waals surface area contributed by atoms with Crippen LogP contribution in [0.2, 0.25) is 0 Å². The summed E-state index contributed by atoms with van der Waals surface area (Å²) in [6.45, 7) is 2.50. The fourth-order valence-electron chi connectivity index (χ4n) is 3.33. The molecule has 8 heteroatoms. The summed E-state index contributed by atoms with van der Waals surface area (Å²) in [6, 6.07) is 12.4. The first-order valence-corrected chi connectivity index (χ1v) is 9.28. The molecule has 0 aliphatic carbocycles. The van der Waals surface area contributed by atoms with Crippen molar-refractivity contribution in [1.82, 2.24) is 10.2 Å². The Hall–Kier alpha value is -3.00. The first kappa shape index (κ1) is 19.8. The Kier molecular flexibility index (Phi) is 6.54. The summed E-state index contributed by atoms with van der Waals surface area (Å²) in [6.07, 6.45) is 1.02. The zero-order valence-corrected chi connectivity index (χ0v) is 15.4. The van der Waals surface area contributed by atoms with Crippen LogP contribution in [0.25, 0.3) is 0 Å². The zero-order valence-electron chi connectivity index (χ0n) is 15.4. The van der Waals surface area contributed by atoms with E-state index in [0.717, 1.165) is 17.8 Å². The van der Waals surface area contributed by atoms with Crippen molar-refractivity contribution in [2.24, 2.45) is 0 Å². The molecule has 2 aromatic carbocycles. The number of piperazine rings is 1. The Labute approximate surface area is 162 Å². The molecule has 1 heterocycles. The first-order chi connectivity index (χ1) is 13.5. The molecule has 1 aliphatic rings. The summed E-state index contributed by atoms with van der Waals surface area (Å²) < 4.78 is 13.6. The summed E-state index contributed by atoms with van der Waals surface area (Å²) >= 11 is 0. The highest BCUT2D eigenvalue weighted by atomic mass is 19.1. The number of non-ortho nitro benzene ring substituents is 1. The van der Waals surface area contributed by atoms with Crippen molar-refractivity contribution >= 4 is 17.3 Å². The van der Waals surface area contributed by atoms with E-state index < -0.39 is 4.92 Å². The normalized spacial score (nSPS) is 16.6. The second-order valence-electron chi connectivity index (χ2n) is 6.70. The SMILES string of the molecule is O=C(CCCNc1ccc([N+](=O)[O-])cc1)N1CCNCC1c1cccc(F)c1. The van der Waals surface area contributed by atoms with Gasteiger partial charge in [-0.25, -0.2) is 4.39 Å². The molecule has 0 radical (unpaired) electrons. The minimum atomic E-state index is -0.440. The van der Waals surface area contributed by atoms with Crippen LogP contribution in [0.4, 0.5) is 15.8 Å². The minimum Gasteiger partial charge on any atom is -0.385 e. The predicted octanol–water partition coefficient (Wildman–Crippen LogP) is 3.10. The lowest BCUT2D eigenvalue weighted by atomic mass is 10.0. The van der Waals surface area contributed by atoms with E-state index in [9.17, 15) is 19.3 Å². The molecule has 1 amide bonds. The number of nitrogens with one attached hydrogen (secondary N) is 2. The third-order valence-corrected chi connectivity index (χ3v) is 4.77. The van der Waals surface area contributed by atoms with Gasteiger partial charge in [-0.3, -0.25) is 14.9 Å². The first-order valence-electron chi connectivity index (χ1n) is 9.28. The van der Waals surface area contributed by atoms with Crippen LogP contribution in [0.1, 0.15) is 24.4 Å². The number of benzene rings is 2. The quantitative estimate of drug-likeness (QED) is 0.434. The average Bonchev–Trinajstić information content (AvgIpc) is 2.71. The Morgan fingerprint density at radius 3 is 2.79 bits per heavy atom. The van der Waals surface area contributed by atoms with Crippen molar-refractivity contribution in [2.45, 2.75) is 18.9 Å². The average molecular weight is 386 g/mol. The van der Waals surface area contributed by atoms with Gasteiger partial charge in [0, 0.05) is 50.4 Å². The van der Waals surface area contributed by atoms with Gasteiger partial charge in [0.1, 0.15) is 5.82 Å². The van der Waals surface area contributed by atoms with Gasteiger partial charge in [0.25, 0.3) is 5.69 Å². The van der Waals surface area contributed by atoms with Crippen LogP contribution in [-0.4, -0.2) is 41.9 Å². The van der Waals surface area contributed by atoms with Crippen molar-refractivity contribution in [3.8, 4) is 0 Å². The van der Waals surface area contributed by atoms with Gasteiger partial charge in [-0.05, 0) is 36.2 Å². The number of halogens is 1. The number of hydrogen-bond donors (Lipinski definition) is 2. The molecule has 1 unspecified atom stereocenters. The Balaban J connectivity index is 1.51. The van der Waals surface area contributed by atoms with E-state index in [1.54, 1.807) is 18.2 Å². The van der Waals surface area contributed by atoms with E-state index in [4.69, 9.17) is 0 Å². The molecular weight excluding hydrogens is 363 g/mol. The van der Waals surface area contributed by atoms with Gasteiger partial charge < -0.3 is 15.5 Å². The fraction of sp³-hybridized carbons (Fsp3) is 0.350. The molecule has 7 nitrogen and oxygen atoms in total. The molecule has 0 aromatic heterocycles. The number of rotatable bonds is 7. The Morgan fingerprint density at radius 2 is 2.07 bits per heavy atom. The number of anilines is 1. The zero-order chi connectivity index (χ0) is 19.9. The smallest absolute Gasteiger partial charge is 0.269 e. The lowest BCUT2D eigenvalue weighted by molar-refractivity contribution is -0.384. The van der Waals surface area contributed by atoms with Crippen molar-refractivity contribution < 1.29 is 14.1 Å². The topological polar surface area (TPSA) is 87.5 Å². The van der Waals surface area contributed by atoms with Crippen molar-refractivity contribution in [1.29, 1.82) is 0 Å². The molecule has 28 heavy (non-hydrogen) atoms. The number of carbonyl (C=O) groups is 1. The van der Waals surface area contributed by atoms with Gasteiger partial charge >= 0.3 is 0 Å². The van der Waals surface area contributed by atoms with E-state index >= 15 is 0 Å². The second kappa shape index (κ2) is 9.27. The van der Waals surface area contributed by atoms with Crippen LogP contribution in [0.5, 0.6) is 0 Å². The number of amides is 1. The number of nitro groups is 1. The summed E-state index contributed by atoms with van der Waals surface area (Å²) in [7, 11) is 0. The molecule has 3 rings (SSSR count). The monoisotopic (exact) mass is 386 g/mol.